The van der Waals surface area contributed by atoms with Gasteiger partial charge in [-0.25, -0.2) is 4.98 Å². The maximum absolute atomic E-state index is 10.2. The molecule has 3 nitrogen and oxygen atoms in total. The van der Waals surface area contributed by atoms with Crippen molar-refractivity contribution in [1.29, 1.82) is 0 Å². The second kappa shape index (κ2) is 2.77. The minimum absolute atomic E-state index is 0.391. The lowest BCUT2D eigenvalue weighted by atomic mass is 10.4. The number of nitrogens with zero attached hydrogens (tertiary/aromatic N) is 2. The van der Waals surface area contributed by atoms with Gasteiger partial charge in [-0.05, 0) is 12.1 Å². The van der Waals surface area contributed by atoms with Crippen LogP contribution in [0.3, 0.4) is 0 Å². The smallest absolute Gasteiger partial charge is 0.136 e. The maximum atomic E-state index is 10.2. The van der Waals surface area contributed by atoms with E-state index in [0.29, 0.717) is 6.42 Å². The highest BCUT2D eigenvalue weighted by atomic mass is 16.1. The van der Waals surface area contributed by atoms with Gasteiger partial charge in [0.15, 0.2) is 0 Å². The molecule has 0 aliphatic carbocycles. The van der Waals surface area contributed by atoms with Crippen molar-refractivity contribution in [1.82, 2.24) is 9.38 Å². The zero-order valence-corrected chi connectivity index (χ0v) is 6.47. The molecular weight excluding hydrogens is 152 g/mol. The van der Waals surface area contributed by atoms with Gasteiger partial charge < -0.3 is 9.20 Å². The molecule has 0 radical (unpaired) electrons. The van der Waals surface area contributed by atoms with Crippen LogP contribution in [-0.2, 0) is 11.2 Å². The molecule has 0 amide bonds. The van der Waals surface area contributed by atoms with Gasteiger partial charge >= 0.3 is 0 Å². The first kappa shape index (κ1) is 7.03. The zero-order valence-electron chi connectivity index (χ0n) is 6.47. The Balaban J connectivity index is 2.54. The second-order valence-corrected chi connectivity index (χ2v) is 2.57. The van der Waals surface area contributed by atoms with Crippen molar-refractivity contribution in [2.45, 2.75) is 6.42 Å². The van der Waals surface area contributed by atoms with Gasteiger partial charge in [0, 0.05) is 18.8 Å². The Bertz CT molecular complexity index is 373. The van der Waals surface area contributed by atoms with E-state index >= 15 is 0 Å². The average Bonchev–Trinajstić information content (AvgIpc) is 2.47. The van der Waals surface area contributed by atoms with Crippen LogP contribution in [0.5, 0.6) is 0 Å². The number of carbonyl (C=O) groups is 1. The molecule has 2 aromatic heterocycles. The standard InChI is InChI=1S/C9H8N2O/c12-6-4-8-7-11-5-2-1-3-9(11)10-8/h1-3,5-7H,4H2. The molecule has 60 valence electrons. The molecule has 12 heavy (non-hydrogen) atoms. The summed E-state index contributed by atoms with van der Waals surface area (Å²) < 4.78 is 1.90. The third-order valence-electron chi connectivity index (χ3n) is 1.71. The van der Waals surface area contributed by atoms with Crippen molar-refractivity contribution in [3.63, 3.8) is 0 Å². The van der Waals surface area contributed by atoms with Crippen LogP contribution in [0.4, 0.5) is 0 Å². The van der Waals surface area contributed by atoms with Crippen molar-refractivity contribution < 1.29 is 4.79 Å². The van der Waals surface area contributed by atoms with E-state index in [2.05, 4.69) is 4.98 Å². The van der Waals surface area contributed by atoms with Crippen molar-refractivity contribution >= 4 is 11.9 Å². The molecule has 2 rings (SSSR count). The molecule has 0 spiro atoms. The molecule has 0 fully saturated rings. The largest absolute Gasteiger partial charge is 0.307 e. The molecule has 0 N–H and O–H groups in total. The molecule has 3 heteroatoms. The molecule has 0 aliphatic heterocycles. The van der Waals surface area contributed by atoms with Crippen molar-refractivity contribution in [2.75, 3.05) is 0 Å². The summed E-state index contributed by atoms with van der Waals surface area (Å²) in [7, 11) is 0. The van der Waals surface area contributed by atoms with E-state index in [1.54, 1.807) is 0 Å². The summed E-state index contributed by atoms with van der Waals surface area (Å²) in [6.45, 7) is 0. The zero-order chi connectivity index (χ0) is 8.39. The van der Waals surface area contributed by atoms with Crippen LogP contribution in [0.2, 0.25) is 0 Å². The lowest BCUT2D eigenvalue weighted by Gasteiger charge is -1.86. The molecule has 0 bridgehead atoms. The van der Waals surface area contributed by atoms with Gasteiger partial charge in [0.05, 0.1) is 5.69 Å². The number of fused-ring (bicyclic) bond motifs is 1. The van der Waals surface area contributed by atoms with Crippen molar-refractivity contribution in [2.24, 2.45) is 0 Å². The van der Waals surface area contributed by atoms with Crippen molar-refractivity contribution in [3.8, 4) is 0 Å². The predicted molar refractivity (Wildman–Crippen MR) is 45.0 cm³/mol. The molecule has 0 saturated heterocycles. The van der Waals surface area contributed by atoms with Gasteiger partial charge in [0.25, 0.3) is 0 Å². The Kier molecular flexibility index (Phi) is 1.63. The first-order valence-corrected chi connectivity index (χ1v) is 3.76. The Morgan fingerprint density at radius 1 is 1.50 bits per heavy atom. The van der Waals surface area contributed by atoms with Crippen LogP contribution in [0.15, 0.2) is 30.6 Å². The number of hydrogen-bond acceptors (Lipinski definition) is 2. The number of imidazole rings is 1. The molecule has 0 saturated carbocycles. The van der Waals surface area contributed by atoms with Gasteiger partial charge in [0.1, 0.15) is 11.9 Å². The predicted octanol–water partition coefficient (Wildman–Crippen LogP) is 1.08. The Hall–Kier alpha value is -1.64. The minimum Gasteiger partial charge on any atom is -0.307 e. The molecule has 2 aromatic rings. The molecule has 0 aliphatic rings. The SMILES string of the molecule is O=CCc1cn2ccccc2n1. The summed E-state index contributed by atoms with van der Waals surface area (Å²) in [5, 5.41) is 0. The van der Waals surface area contributed by atoms with Gasteiger partial charge in [-0.3, -0.25) is 0 Å². The monoisotopic (exact) mass is 160 g/mol. The lowest BCUT2D eigenvalue weighted by Crippen LogP contribution is -1.83. The minimum atomic E-state index is 0.391. The van der Waals surface area contributed by atoms with Crippen LogP contribution in [-0.4, -0.2) is 15.7 Å². The molecule has 0 unspecified atom stereocenters. The fraction of sp³-hybridized carbons (Fsp3) is 0.111. The van der Waals surface area contributed by atoms with E-state index in [-0.39, 0.29) is 0 Å². The fourth-order valence-corrected chi connectivity index (χ4v) is 1.17. The maximum Gasteiger partial charge on any atom is 0.136 e. The third-order valence-corrected chi connectivity index (χ3v) is 1.71. The fourth-order valence-electron chi connectivity index (χ4n) is 1.17. The van der Waals surface area contributed by atoms with Crippen LogP contribution in [0, 0.1) is 0 Å². The Morgan fingerprint density at radius 3 is 3.17 bits per heavy atom. The van der Waals surface area contributed by atoms with Gasteiger partial charge in [-0.1, -0.05) is 6.07 Å². The Morgan fingerprint density at radius 2 is 2.42 bits per heavy atom. The van der Waals surface area contributed by atoms with Gasteiger partial charge in [0.2, 0.25) is 0 Å². The van der Waals surface area contributed by atoms with E-state index in [4.69, 9.17) is 0 Å². The number of aromatic nitrogens is 2. The molecule has 0 aromatic carbocycles. The van der Waals surface area contributed by atoms with E-state index in [9.17, 15) is 4.79 Å². The first-order valence-electron chi connectivity index (χ1n) is 3.76. The van der Waals surface area contributed by atoms with Crippen LogP contribution < -0.4 is 0 Å². The summed E-state index contributed by atoms with van der Waals surface area (Å²) in [5.41, 5.74) is 1.70. The first-order chi connectivity index (χ1) is 5.90. The average molecular weight is 160 g/mol. The lowest BCUT2D eigenvalue weighted by molar-refractivity contribution is -0.107. The quantitative estimate of drug-likeness (QED) is 0.616. The normalized spacial score (nSPS) is 10.3. The van der Waals surface area contributed by atoms with Gasteiger partial charge in [-0.15, -0.1) is 0 Å². The number of pyridine rings is 1. The van der Waals surface area contributed by atoms with Crippen LogP contribution >= 0.6 is 0 Å². The number of carbonyl (C=O) groups excluding carboxylic acids is 1. The Labute approximate surface area is 69.7 Å². The van der Waals surface area contributed by atoms with Gasteiger partial charge in [-0.2, -0.15) is 0 Å². The van der Waals surface area contributed by atoms with Crippen LogP contribution in [0.25, 0.3) is 5.65 Å². The highest BCUT2D eigenvalue weighted by molar-refractivity contribution is 5.54. The van der Waals surface area contributed by atoms with Crippen LogP contribution in [0.1, 0.15) is 5.69 Å². The second-order valence-electron chi connectivity index (χ2n) is 2.57. The highest BCUT2D eigenvalue weighted by Gasteiger charge is 1.97. The molecular formula is C9H8N2O. The summed E-state index contributed by atoms with van der Waals surface area (Å²) >= 11 is 0. The summed E-state index contributed by atoms with van der Waals surface area (Å²) in [4.78, 5) is 14.4. The highest BCUT2D eigenvalue weighted by Crippen LogP contribution is 2.03. The van der Waals surface area contributed by atoms with E-state index in [1.807, 2.05) is 35.0 Å². The number of hydrogen-bond donors (Lipinski definition) is 0. The summed E-state index contributed by atoms with van der Waals surface area (Å²) in [5.74, 6) is 0. The molecule has 0 atom stereocenters. The van der Waals surface area contributed by atoms with Crippen molar-refractivity contribution in [3.05, 3.63) is 36.3 Å². The third kappa shape index (κ3) is 1.09. The molecule has 2 heterocycles. The number of rotatable bonds is 2. The van der Waals surface area contributed by atoms with E-state index in [1.165, 1.54) is 0 Å². The topological polar surface area (TPSA) is 34.4 Å². The van der Waals surface area contributed by atoms with E-state index in [0.717, 1.165) is 17.6 Å². The summed E-state index contributed by atoms with van der Waals surface area (Å²) in [6.07, 6.45) is 5.03. The number of aldehydes is 1. The summed E-state index contributed by atoms with van der Waals surface area (Å²) in [6, 6.07) is 5.76. The van der Waals surface area contributed by atoms with E-state index < -0.39 is 0 Å².